The van der Waals surface area contributed by atoms with Crippen LogP contribution in [0.5, 0.6) is 0 Å². The summed E-state index contributed by atoms with van der Waals surface area (Å²) in [6.07, 6.45) is 3.01. The Morgan fingerprint density at radius 2 is 2.00 bits per heavy atom. The highest BCUT2D eigenvalue weighted by molar-refractivity contribution is 7.90. The number of rotatable bonds is 3. The molecule has 7 heteroatoms. The van der Waals surface area contributed by atoms with Gasteiger partial charge in [0.05, 0.1) is 4.90 Å². The van der Waals surface area contributed by atoms with E-state index >= 15 is 0 Å². The maximum absolute atomic E-state index is 12.5. The normalized spacial score (nSPS) is 19.3. The predicted molar refractivity (Wildman–Crippen MR) is 75.9 cm³/mol. The van der Waals surface area contributed by atoms with Gasteiger partial charge < -0.3 is 10.0 Å². The number of carbonyl (C=O) groups excluding carboxylic acids is 1. The zero-order chi connectivity index (χ0) is 15.6. The molecule has 0 radical (unpaired) electrons. The molecule has 1 saturated heterocycles. The van der Waals surface area contributed by atoms with Gasteiger partial charge in [-0.15, -0.1) is 0 Å². The Hall–Kier alpha value is -1.89. The van der Waals surface area contributed by atoms with Crippen molar-refractivity contribution in [3.63, 3.8) is 0 Å². The Balaban J connectivity index is 2.33. The Morgan fingerprint density at radius 3 is 2.62 bits per heavy atom. The molecule has 2 rings (SSSR count). The molecule has 1 aromatic rings. The van der Waals surface area contributed by atoms with E-state index in [1.165, 1.54) is 29.2 Å². The molecule has 1 aliphatic heterocycles. The van der Waals surface area contributed by atoms with E-state index in [4.69, 9.17) is 0 Å². The van der Waals surface area contributed by atoms with Gasteiger partial charge in [-0.2, -0.15) is 0 Å². The summed E-state index contributed by atoms with van der Waals surface area (Å²) in [5.74, 6) is -1.46. The van der Waals surface area contributed by atoms with Gasteiger partial charge in [-0.3, -0.25) is 4.79 Å². The average Bonchev–Trinajstić information content (AvgIpc) is 2.45. The van der Waals surface area contributed by atoms with Crippen LogP contribution in [0.25, 0.3) is 0 Å². The molecule has 1 aliphatic rings. The predicted octanol–water partition coefficient (Wildman–Crippen LogP) is 1.17. The van der Waals surface area contributed by atoms with E-state index < -0.39 is 27.8 Å². The highest BCUT2D eigenvalue weighted by atomic mass is 32.2. The largest absolute Gasteiger partial charge is 0.480 e. The number of amides is 1. The average molecular weight is 311 g/mol. The minimum absolute atomic E-state index is 0.0530. The summed E-state index contributed by atoms with van der Waals surface area (Å²) in [5, 5.41) is 9.20. The quantitative estimate of drug-likeness (QED) is 0.904. The van der Waals surface area contributed by atoms with E-state index in [1.54, 1.807) is 0 Å². The standard InChI is InChI=1S/C14H17NO5S/c1-21(19,20)11-6-4-5-10(9-11)13(16)15-8-3-2-7-12(15)14(17)18/h4-6,9,12H,2-3,7-8H2,1H3,(H,17,18)/t12-/m0/s1. The van der Waals surface area contributed by atoms with Crippen LogP contribution in [0.1, 0.15) is 29.6 Å². The molecule has 1 atom stereocenters. The molecule has 21 heavy (non-hydrogen) atoms. The third kappa shape index (κ3) is 3.41. The van der Waals surface area contributed by atoms with Crippen LogP contribution in [0, 0.1) is 0 Å². The van der Waals surface area contributed by atoms with Crippen LogP contribution >= 0.6 is 0 Å². The molecule has 1 heterocycles. The van der Waals surface area contributed by atoms with Gasteiger partial charge in [-0.25, -0.2) is 13.2 Å². The lowest BCUT2D eigenvalue weighted by molar-refractivity contribution is -0.143. The second kappa shape index (κ2) is 5.85. The summed E-state index contributed by atoms with van der Waals surface area (Å²) in [4.78, 5) is 25.1. The number of hydrogen-bond acceptors (Lipinski definition) is 4. The molecular formula is C14H17NO5S. The number of hydrogen-bond donors (Lipinski definition) is 1. The number of sulfone groups is 1. The van der Waals surface area contributed by atoms with Crippen LogP contribution in [0.3, 0.4) is 0 Å². The molecule has 0 aromatic heterocycles. The van der Waals surface area contributed by atoms with Crippen LogP contribution in [0.4, 0.5) is 0 Å². The second-order valence-corrected chi connectivity index (χ2v) is 7.16. The zero-order valence-corrected chi connectivity index (χ0v) is 12.5. The van der Waals surface area contributed by atoms with Crippen molar-refractivity contribution < 1.29 is 23.1 Å². The maximum Gasteiger partial charge on any atom is 0.326 e. The van der Waals surface area contributed by atoms with Gasteiger partial charge in [-0.1, -0.05) is 6.07 Å². The summed E-state index contributed by atoms with van der Waals surface area (Å²) >= 11 is 0. The number of benzene rings is 1. The van der Waals surface area contributed by atoms with Crippen LogP contribution in [0.15, 0.2) is 29.2 Å². The van der Waals surface area contributed by atoms with Crippen molar-refractivity contribution >= 4 is 21.7 Å². The number of nitrogens with zero attached hydrogens (tertiary/aromatic N) is 1. The molecule has 0 spiro atoms. The molecular weight excluding hydrogens is 294 g/mol. The molecule has 0 bridgehead atoms. The van der Waals surface area contributed by atoms with Crippen LogP contribution in [-0.2, 0) is 14.6 Å². The van der Waals surface area contributed by atoms with Gasteiger partial charge in [0, 0.05) is 18.4 Å². The zero-order valence-electron chi connectivity index (χ0n) is 11.7. The molecule has 114 valence electrons. The van der Waals surface area contributed by atoms with E-state index in [-0.39, 0.29) is 10.5 Å². The van der Waals surface area contributed by atoms with Gasteiger partial charge in [0.1, 0.15) is 6.04 Å². The first kappa shape index (κ1) is 15.5. The van der Waals surface area contributed by atoms with Gasteiger partial charge >= 0.3 is 5.97 Å². The fourth-order valence-electron chi connectivity index (χ4n) is 2.46. The molecule has 1 aromatic carbocycles. The number of carboxylic acids is 1. The van der Waals surface area contributed by atoms with Crippen LogP contribution in [0.2, 0.25) is 0 Å². The molecule has 1 amide bonds. The number of piperidine rings is 1. The fourth-order valence-corrected chi connectivity index (χ4v) is 3.12. The Labute approximate surface area is 123 Å². The molecule has 1 N–H and O–H groups in total. The minimum Gasteiger partial charge on any atom is -0.480 e. The molecule has 0 unspecified atom stereocenters. The topological polar surface area (TPSA) is 91.8 Å². The summed E-state index contributed by atoms with van der Waals surface area (Å²) < 4.78 is 23.1. The van der Waals surface area contributed by atoms with Gasteiger partial charge in [-0.05, 0) is 37.5 Å². The van der Waals surface area contributed by atoms with E-state index in [9.17, 15) is 23.1 Å². The van der Waals surface area contributed by atoms with Crippen molar-refractivity contribution in [3.8, 4) is 0 Å². The smallest absolute Gasteiger partial charge is 0.326 e. The third-order valence-electron chi connectivity index (χ3n) is 3.56. The van der Waals surface area contributed by atoms with Crippen LogP contribution in [-0.4, -0.2) is 49.1 Å². The van der Waals surface area contributed by atoms with E-state index in [0.717, 1.165) is 19.1 Å². The van der Waals surface area contributed by atoms with E-state index in [1.807, 2.05) is 0 Å². The van der Waals surface area contributed by atoms with Crippen LogP contribution < -0.4 is 0 Å². The highest BCUT2D eigenvalue weighted by Crippen LogP contribution is 2.21. The molecule has 0 aliphatic carbocycles. The highest BCUT2D eigenvalue weighted by Gasteiger charge is 2.32. The Kier molecular flexibility index (Phi) is 4.32. The van der Waals surface area contributed by atoms with Gasteiger partial charge in [0.25, 0.3) is 5.91 Å². The number of carbonyl (C=O) groups is 2. The summed E-state index contributed by atoms with van der Waals surface area (Å²) in [6, 6.07) is 4.86. The number of aliphatic carboxylic acids is 1. The lowest BCUT2D eigenvalue weighted by Gasteiger charge is -2.33. The minimum atomic E-state index is -3.41. The first-order valence-electron chi connectivity index (χ1n) is 6.64. The summed E-state index contributed by atoms with van der Waals surface area (Å²) in [7, 11) is -3.41. The third-order valence-corrected chi connectivity index (χ3v) is 4.67. The van der Waals surface area contributed by atoms with E-state index in [2.05, 4.69) is 0 Å². The molecule has 0 saturated carbocycles. The first-order chi connectivity index (χ1) is 9.80. The van der Waals surface area contributed by atoms with Gasteiger partial charge in [0.15, 0.2) is 9.84 Å². The molecule has 1 fully saturated rings. The summed E-state index contributed by atoms with van der Waals surface area (Å²) in [5.41, 5.74) is 0.200. The number of likely N-dealkylation sites (tertiary alicyclic amines) is 1. The van der Waals surface area contributed by atoms with Crippen molar-refractivity contribution in [2.75, 3.05) is 12.8 Å². The van der Waals surface area contributed by atoms with Crippen molar-refractivity contribution in [1.82, 2.24) is 4.90 Å². The molecule has 6 nitrogen and oxygen atoms in total. The van der Waals surface area contributed by atoms with Gasteiger partial charge in [0.2, 0.25) is 0 Å². The Bertz CT molecular complexity index is 668. The van der Waals surface area contributed by atoms with Crippen molar-refractivity contribution in [2.24, 2.45) is 0 Å². The van der Waals surface area contributed by atoms with E-state index in [0.29, 0.717) is 13.0 Å². The fraction of sp³-hybridized carbons (Fsp3) is 0.429. The van der Waals surface area contributed by atoms with Crippen molar-refractivity contribution in [1.29, 1.82) is 0 Å². The SMILES string of the molecule is CS(=O)(=O)c1cccc(C(=O)N2CCCC[C@H]2C(=O)O)c1. The van der Waals surface area contributed by atoms with Crippen molar-refractivity contribution in [2.45, 2.75) is 30.2 Å². The maximum atomic E-state index is 12.5. The monoisotopic (exact) mass is 311 g/mol. The number of carboxylic acid groups (broad SMARTS) is 1. The lowest BCUT2D eigenvalue weighted by atomic mass is 10.0. The lowest BCUT2D eigenvalue weighted by Crippen LogP contribution is -2.48. The summed E-state index contributed by atoms with van der Waals surface area (Å²) in [6.45, 7) is 0.374. The second-order valence-electron chi connectivity index (χ2n) is 5.15. The van der Waals surface area contributed by atoms with Crippen molar-refractivity contribution in [3.05, 3.63) is 29.8 Å². The first-order valence-corrected chi connectivity index (χ1v) is 8.54. The Morgan fingerprint density at radius 1 is 1.29 bits per heavy atom.